The van der Waals surface area contributed by atoms with Crippen molar-refractivity contribution < 1.29 is 14.5 Å². The van der Waals surface area contributed by atoms with Crippen LogP contribution in [0.5, 0.6) is 0 Å². The molecule has 4 atom stereocenters. The van der Waals surface area contributed by atoms with E-state index >= 15 is 0 Å². The summed E-state index contributed by atoms with van der Waals surface area (Å²) >= 11 is -1.10. The Labute approximate surface area is 170 Å². The van der Waals surface area contributed by atoms with Crippen LogP contribution >= 0.6 is 0 Å². The number of likely N-dealkylation sites (tertiary alicyclic amines) is 1. The van der Waals surface area contributed by atoms with Crippen molar-refractivity contribution in [1.82, 2.24) is 9.62 Å². The van der Waals surface area contributed by atoms with Crippen molar-refractivity contribution in [2.24, 2.45) is 23.2 Å². The number of nitrogens with zero attached hydrogens (tertiary/aromatic N) is 1. The third kappa shape index (κ3) is 6.01. The van der Waals surface area contributed by atoms with Gasteiger partial charge >= 0.3 is 6.09 Å². The number of hydrogen-bond acceptors (Lipinski definition) is 3. The normalized spacial score (nSPS) is 25.7. The molecule has 0 spiro atoms. The molecule has 1 heterocycles. The SMILES string of the molecule is CC(C)C(CC[C@@H]1CN(C(=O)O)C(C)(C)C1C(C)(C)C)N[S+]([O-])C(C)(C)C. The van der Waals surface area contributed by atoms with Crippen LogP contribution < -0.4 is 4.72 Å². The second kappa shape index (κ2) is 8.50. The molecular formula is C21H42N2O3S. The maximum absolute atomic E-state index is 12.6. The zero-order valence-corrected chi connectivity index (χ0v) is 19.9. The molecule has 2 N–H and O–H groups in total. The number of amides is 1. The lowest BCUT2D eigenvalue weighted by atomic mass is 9.65. The fourth-order valence-corrected chi connectivity index (χ4v) is 5.92. The van der Waals surface area contributed by atoms with Gasteiger partial charge in [-0.15, -0.1) is 4.72 Å². The summed E-state index contributed by atoms with van der Waals surface area (Å²) in [6.45, 7) is 21.6. The Balaban J connectivity index is 2.95. The summed E-state index contributed by atoms with van der Waals surface area (Å²) in [4.78, 5) is 13.4. The molecule has 1 fully saturated rings. The molecule has 0 aromatic heterocycles. The molecule has 3 unspecified atom stereocenters. The topological polar surface area (TPSA) is 75.6 Å². The van der Waals surface area contributed by atoms with E-state index in [0.717, 1.165) is 12.8 Å². The Bertz CT molecular complexity index is 509. The van der Waals surface area contributed by atoms with Crippen LogP contribution in [0.15, 0.2) is 0 Å². The highest BCUT2D eigenvalue weighted by molar-refractivity contribution is 7.90. The lowest BCUT2D eigenvalue weighted by molar-refractivity contribution is 0.0631. The summed E-state index contributed by atoms with van der Waals surface area (Å²) < 4.78 is 15.6. The molecule has 1 aliphatic heterocycles. The third-order valence-electron chi connectivity index (χ3n) is 5.98. The standard InChI is InChI=1S/C21H42N2O3S/c1-14(2)16(22-27(26)20(6,7)8)12-11-15-13-23(18(24)25)21(9,10)17(15)19(3,4)5/h14-17,22H,11-13H2,1-10H3,(H,24,25)/t15-,16?,17?,27?/m1/s1. The van der Waals surface area contributed by atoms with Crippen molar-refractivity contribution in [3.8, 4) is 0 Å². The average Bonchev–Trinajstić information content (AvgIpc) is 2.72. The molecule has 0 bridgehead atoms. The van der Waals surface area contributed by atoms with E-state index in [1.165, 1.54) is 0 Å². The molecule has 160 valence electrons. The van der Waals surface area contributed by atoms with Crippen LogP contribution in [0.3, 0.4) is 0 Å². The molecule has 1 aliphatic rings. The van der Waals surface area contributed by atoms with Crippen LogP contribution in [0.25, 0.3) is 0 Å². The minimum absolute atomic E-state index is 0.0212. The van der Waals surface area contributed by atoms with Gasteiger partial charge in [-0.2, -0.15) is 0 Å². The highest BCUT2D eigenvalue weighted by Crippen LogP contribution is 2.50. The van der Waals surface area contributed by atoms with Crippen LogP contribution in [0.1, 0.15) is 82.1 Å². The van der Waals surface area contributed by atoms with Gasteiger partial charge in [0.15, 0.2) is 0 Å². The van der Waals surface area contributed by atoms with Crippen molar-refractivity contribution in [2.45, 2.75) is 98.4 Å². The second-order valence-corrected chi connectivity index (χ2v) is 13.1. The molecule has 0 aromatic carbocycles. The Morgan fingerprint density at radius 3 is 2.15 bits per heavy atom. The fourth-order valence-electron chi connectivity index (χ4n) is 4.91. The Hall–Kier alpha value is -0.460. The first kappa shape index (κ1) is 24.6. The first-order valence-electron chi connectivity index (χ1n) is 10.2. The van der Waals surface area contributed by atoms with Crippen LogP contribution in [-0.4, -0.2) is 43.5 Å². The molecule has 1 rings (SSSR count). The molecule has 0 radical (unpaired) electrons. The van der Waals surface area contributed by atoms with Gasteiger partial charge in [0.2, 0.25) is 0 Å². The molecule has 5 nitrogen and oxygen atoms in total. The van der Waals surface area contributed by atoms with Gasteiger partial charge in [0, 0.05) is 23.4 Å². The van der Waals surface area contributed by atoms with E-state index in [4.69, 9.17) is 0 Å². The minimum Gasteiger partial charge on any atom is -0.598 e. The van der Waals surface area contributed by atoms with E-state index in [2.05, 4.69) is 53.2 Å². The summed E-state index contributed by atoms with van der Waals surface area (Å²) in [5, 5.41) is 9.70. The lowest BCUT2D eigenvalue weighted by Gasteiger charge is -2.42. The van der Waals surface area contributed by atoms with Crippen LogP contribution in [-0.2, 0) is 11.4 Å². The number of rotatable bonds is 6. The van der Waals surface area contributed by atoms with Gasteiger partial charge in [0.05, 0.1) is 6.04 Å². The molecule has 27 heavy (non-hydrogen) atoms. The molecule has 0 aromatic rings. The van der Waals surface area contributed by atoms with Crippen LogP contribution in [0.2, 0.25) is 0 Å². The van der Waals surface area contributed by atoms with Gasteiger partial charge in [-0.25, -0.2) is 4.79 Å². The van der Waals surface area contributed by atoms with E-state index in [1.54, 1.807) is 4.90 Å². The zero-order valence-electron chi connectivity index (χ0n) is 19.0. The summed E-state index contributed by atoms with van der Waals surface area (Å²) in [5.74, 6) is 0.957. The largest absolute Gasteiger partial charge is 0.598 e. The third-order valence-corrected chi connectivity index (χ3v) is 7.61. The maximum Gasteiger partial charge on any atom is 0.407 e. The fraction of sp³-hybridized carbons (Fsp3) is 0.952. The quantitative estimate of drug-likeness (QED) is 0.620. The first-order valence-corrected chi connectivity index (χ1v) is 11.3. The number of carboxylic acid groups (broad SMARTS) is 1. The van der Waals surface area contributed by atoms with Crippen molar-refractivity contribution in [1.29, 1.82) is 0 Å². The smallest absolute Gasteiger partial charge is 0.407 e. The average molecular weight is 403 g/mol. The summed E-state index contributed by atoms with van der Waals surface area (Å²) in [7, 11) is 0. The van der Waals surface area contributed by atoms with Crippen LogP contribution in [0.4, 0.5) is 4.79 Å². The van der Waals surface area contributed by atoms with Gasteiger partial charge in [-0.1, -0.05) is 34.6 Å². The van der Waals surface area contributed by atoms with Crippen molar-refractivity contribution >= 4 is 17.5 Å². The summed E-state index contributed by atoms with van der Waals surface area (Å²) in [5.41, 5.74) is -0.364. The lowest BCUT2D eigenvalue weighted by Crippen LogP contribution is -2.49. The first-order chi connectivity index (χ1) is 12.0. The Morgan fingerprint density at radius 2 is 1.78 bits per heavy atom. The highest BCUT2D eigenvalue weighted by Gasteiger charge is 2.53. The summed E-state index contributed by atoms with van der Waals surface area (Å²) in [6.07, 6.45) is 1.01. The van der Waals surface area contributed by atoms with E-state index in [1.807, 2.05) is 20.8 Å². The Kier molecular flexibility index (Phi) is 7.74. The Morgan fingerprint density at radius 1 is 1.26 bits per heavy atom. The van der Waals surface area contributed by atoms with Gasteiger partial charge in [0.25, 0.3) is 0 Å². The zero-order chi connectivity index (χ0) is 21.4. The van der Waals surface area contributed by atoms with Gasteiger partial charge in [-0.3, -0.25) is 0 Å². The van der Waals surface area contributed by atoms with Gasteiger partial charge in [0.1, 0.15) is 4.75 Å². The van der Waals surface area contributed by atoms with E-state index in [9.17, 15) is 14.5 Å². The molecule has 0 saturated carbocycles. The number of nitrogens with one attached hydrogen (secondary N) is 1. The second-order valence-electron chi connectivity index (χ2n) is 11.1. The molecule has 6 heteroatoms. The van der Waals surface area contributed by atoms with Crippen molar-refractivity contribution in [2.75, 3.05) is 6.54 Å². The molecule has 0 aliphatic carbocycles. The van der Waals surface area contributed by atoms with Crippen molar-refractivity contribution in [3.05, 3.63) is 0 Å². The molecule has 1 amide bonds. The summed E-state index contributed by atoms with van der Waals surface area (Å²) in [6, 6.07) is 0.160. The van der Waals surface area contributed by atoms with E-state index in [0.29, 0.717) is 18.4 Å². The predicted octanol–water partition coefficient (Wildman–Crippen LogP) is 4.89. The maximum atomic E-state index is 12.6. The predicted molar refractivity (Wildman–Crippen MR) is 114 cm³/mol. The van der Waals surface area contributed by atoms with Crippen LogP contribution in [0, 0.1) is 23.2 Å². The molecule has 1 saturated heterocycles. The molecular weight excluding hydrogens is 360 g/mol. The van der Waals surface area contributed by atoms with Crippen molar-refractivity contribution in [3.63, 3.8) is 0 Å². The van der Waals surface area contributed by atoms with E-state index in [-0.39, 0.29) is 27.7 Å². The highest BCUT2D eigenvalue weighted by atomic mass is 32.2. The monoisotopic (exact) mass is 402 g/mol. The van der Waals surface area contributed by atoms with E-state index < -0.39 is 17.5 Å². The minimum atomic E-state index is -1.10. The number of hydrogen-bond donors (Lipinski definition) is 2. The van der Waals surface area contributed by atoms with Gasteiger partial charge in [-0.05, 0) is 70.6 Å². The number of carbonyl (C=O) groups is 1. The van der Waals surface area contributed by atoms with Gasteiger partial charge < -0.3 is 14.6 Å².